The molecule has 1 aromatic heterocycles. The van der Waals surface area contributed by atoms with Gasteiger partial charge in [-0.1, -0.05) is 11.6 Å². The molecule has 1 N–H and O–H groups in total. The van der Waals surface area contributed by atoms with E-state index in [1.165, 1.54) is 0 Å². The zero-order valence-corrected chi connectivity index (χ0v) is 12.0. The normalized spacial score (nSPS) is 13.8. The quantitative estimate of drug-likeness (QED) is 0.862. The number of rotatable bonds is 5. The van der Waals surface area contributed by atoms with Crippen molar-refractivity contribution in [1.82, 2.24) is 20.6 Å². The first-order valence-corrected chi connectivity index (χ1v) is 7.15. The van der Waals surface area contributed by atoms with E-state index in [9.17, 15) is 8.78 Å². The zero-order chi connectivity index (χ0) is 14.8. The van der Waals surface area contributed by atoms with Crippen LogP contribution in [0, 0.1) is 5.82 Å². The molecule has 0 radical (unpaired) electrons. The first-order valence-electron chi connectivity index (χ1n) is 6.78. The Balaban J connectivity index is 2.03. The molecule has 0 atom stereocenters. The van der Waals surface area contributed by atoms with Gasteiger partial charge in [-0.15, -0.1) is 10.2 Å². The maximum absolute atomic E-state index is 14.4. The summed E-state index contributed by atoms with van der Waals surface area (Å²) in [5.74, 6) is -0.363. The molecule has 112 valence electrons. The van der Waals surface area contributed by atoms with Crippen LogP contribution in [-0.4, -0.2) is 40.4 Å². The van der Waals surface area contributed by atoms with Crippen LogP contribution in [0.5, 0.6) is 0 Å². The largest absolute Gasteiger partial charge is 0.370 e. The summed E-state index contributed by atoms with van der Waals surface area (Å²) < 4.78 is 26.7. The summed E-state index contributed by atoms with van der Waals surface area (Å²) in [5.41, 5.74) is 1.97. The number of nitrogens with zero attached hydrogens (tertiary/aromatic N) is 4. The average molecular weight is 314 g/mol. The highest BCUT2D eigenvalue weighted by Crippen LogP contribution is 2.41. The number of hydrogen-bond acceptors (Lipinski definition) is 4. The molecule has 21 heavy (non-hydrogen) atoms. The van der Waals surface area contributed by atoms with Gasteiger partial charge in [-0.3, -0.25) is 4.39 Å². The van der Waals surface area contributed by atoms with Crippen molar-refractivity contribution in [3.8, 4) is 11.4 Å². The summed E-state index contributed by atoms with van der Waals surface area (Å²) >= 11 is 5.96. The van der Waals surface area contributed by atoms with Crippen molar-refractivity contribution in [1.29, 1.82) is 0 Å². The lowest BCUT2D eigenvalue weighted by Gasteiger charge is -2.21. The number of unbranched alkanes of at least 4 members (excludes halogenated alkanes) is 1. The van der Waals surface area contributed by atoms with E-state index in [0.717, 1.165) is 24.2 Å². The number of nitrogens with one attached hydrogen (secondary N) is 1. The van der Waals surface area contributed by atoms with Crippen molar-refractivity contribution in [3.05, 3.63) is 22.5 Å². The second-order valence-corrected chi connectivity index (χ2v) is 5.33. The smallest absolute Gasteiger partial charge is 0.209 e. The minimum atomic E-state index is -0.547. The Morgan fingerprint density at radius 2 is 2.24 bits per heavy atom. The fraction of sp³-hybridized carbons (Fsp3) is 0.462. The number of aromatic nitrogens is 4. The first-order chi connectivity index (χ1) is 10.2. The van der Waals surface area contributed by atoms with Crippen molar-refractivity contribution in [2.45, 2.75) is 19.3 Å². The van der Waals surface area contributed by atoms with Gasteiger partial charge in [-0.2, -0.15) is 5.21 Å². The van der Waals surface area contributed by atoms with E-state index >= 15 is 0 Å². The van der Waals surface area contributed by atoms with E-state index in [2.05, 4.69) is 20.6 Å². The predicted molar refractivity (Wildman–Crippen MR) is 75.7 cm³/mol. The molecule has 2 aromatic rings. The van der Waals surface area contributed by atoms with Gasteiger partial charge in [0.05, 0.1) is 22.9 Å². The lowest BCUT2D eigenvalue weighted by atomic mass is 10.1. The molecule has 8 heteroatoms. The molecule has 0 unspecified atom stereocenters. The van der Waals surface area contributed by atoms with Crippen LogP contribution in [0.3, 0.4) is 0 Å². The molecule has 0 saturated heterocycles. The summed E-state index contributed by atoms with van der Waals surface area (Å²) in [5, 5.41) is 13.6. The van der Waals surface area contributed by atoms with Crippen LogP contribution in [0.25, 0.3) is 11.4 Å². The minimum absolute atomic E-state index is 0.0548. The first kappa shape index (κ1) is 14.2. The fourth-order valence-corrected chi connectivity index (χ4v) is 2.91. The Labute approximate surface area is 125 Å². The molecule has 1 aliphatic rings. The summed E-state index contributed by atoms with van der Waals surface area (Å²) in [7, 11) is 0. The molecular formula is C13H14ClF2N5. The Hall–Kier alpha value is -1.76. The molecular weight excluding hydrogens is 300 g/mol. The molecule has 0 saturated carbocycles. The molecule has 0 aliphatic carbocycles. The standard InChI is InChI=1S/C13H14ClF2N5/c14-9-7-8-3-6-21(5-2-1-4-15)12(8)10(11(9)16)13-17-19-20-18-13/h7H,1-6H2,(H,17,18,19,20). The number of fused-ring (bicyclic) bond motifs is 1. The van der Waals surface area contributed by atoms with Crippen LogP contribution in [-0.2, 0) is 6.42 Å². The Kier molecular flexibility index (Phi) is 4.01. The zero-order valence-electron chi connectivity index (χ0n) is 11.2. The molecule has 0 fully saturated rings. The van der Waals surface area contributed by atoms with Gasteiger partial charge in [0, 0.05) is 13.1 Å². The lowest BCUT2D eigenvalue weighted by molar-refractivity contribution is 0.462. The second-order valence-electron chi connectivity index (χ2n) is 4.92. The van der Waals surface area contributed by atoms with Crippen LogP contribution in [0.1, 0.15) is 18.4 Å². The van der Waals surface area contributed by atoms with Gasteiger partial charge in [0.25, 0.3) is 0 Å². The fourth-order valence-electron chi connectivity index (χ4n) is 2.68. The summed E-state index contributed by atoms with van der Waals surface area (Å²) in [6, 6.07) is 1.64. The van der Waals surface area contributed by atoms with Crippen LogP contribution >= 0.6 is 11.6 Å². The lowest BCUT2D eigenvalue weighted by Crippen LogP contribution is -2.22. The molecule has 1 aromatic carbocycles. The van der Waals surface area contributed by atoms with Gasteiger partial charge >= 0.3 is 0 Å². The van der Waals surface area contributed by atoms with Gasteiger partial charge in [0.15, 0.2) is 5.82 Å². The Bertz CT molecular complexity index is 632. The van der Waals surface area contributed by atoms with Crippen LogP contribution in [0.15, 0.2) is 6.07 Å². The van der Waals surface area contributed by atoms with Gasteiger partial charge < -0.3 is 4.90 Å². The van der Waals surface area contributed by atoms with E-state index < -0.39 is 5.82 Å². The number of hydrogen-bond donors (Lipinski definition) is 1. The Morgan fingerprint density at radius 3 is 2.95 bits per heavy atom. The number of tetrazole rings is 1. The highest BCUT2D eigenvalue weighted by atomic mass is 35.5. The molecule has 0 bridgehead atoms. The third kappa shape index (κ3) is 2.57. The molecule has 0 spiro atoms. The second kappa shape index (κ2) is 5.93. The van der Waals surface area contributed by atoms with Gasteiger partial charge in [-0.05, 0) is 36.1 Å². The number of aromatic amines is 1. The number of halogens is 3. The van der Waals surface area contributed by atoms with Crippen LogP contribution in [0.2, 0.25) is 5.02 Å². The van der Waals surface area contributed by atoms with E-state index in [4.69, 9.17) is 11.6 Å². The highest BCUT2D eigenvalue weighted by Gasteiger charge is 2.29. The number of H-pyrrole nitrogens is 1. The van der Waals surface area contributed by atoms with Crippen molar-refractivity contribution in [2.24, 2.45) is 0 Å². The highest BCUT2D eigenvalue weighted by molar-refractivity contribution is 6.31. The van der Waals surface area contributed by atoms with E-state index in [1.54, 1.807) is 6.07 Å². The average Bonchev–Trinajstić information content (AvgIpc) is 3.11. The van der Waals surface area contributed by atoms with E-state index in [-0.39, 0.29) is 23.1 Å². The van der Waals surface area contributed by atoms with Crippen LogP contribution in [0.4, 0.5) is 14.5 Å². The van der Waals surface area contributed by atoms with Crippen molar-refractivity contribution in [3.63, 3.8) is 0 Å². The predicted octanol–water partition coefficient (Wildman–Crippen LogP) is 2.77. The number of anilines is 1. The van der Waals surface area contributed by atoms with Crippen LogP contribution < -0.4 is 4.90 Å². The topological polar surface area (TPSA) is 57.7 Å². The monoisotopic (exact) mass is 313 g/mol. The van der Waals surface area contributed by atoms with Crippen molar-refractivity contribution in [2.75, 3.05) is 24.7 Å². The van der Waals surface area contributed by atoms with Gasteiger partial charge in [-0.25, -0.2) is 4.39 Å². The summed E-state index contributed by atoms with van der Waals surface area (Å²) in [6.45, 7) is 1.09. The third-order valence-corrected chi connectivity index (χ3v) is 3.89. The number of benzene rings is 1. The summed E-state index contributed by atoms with van der Waals surface area (Å²) in [4.78, 5) is 2.04. The SMILES string of the molecule is FCCCCN1CCc2cc(Cl)c(F)c(-c3nn[nH]n3)c21. The molecule has 2 heterocycles. The van der Waals surface area contributed by atoms with Gasteiger partial charge in [0.1, 0.15) is 0 Å². The third-order valence-electron chi connectivity index (χ3n) is 3.62. The maximum Gasteiger partial charge on any atom is 0.209 e. The molecule has 3 rings (SSSR count). The van der Waals surface area contributed by atoms with Gasteiger partial charge in [0.2, 0.25) is 5.82 Å². The minimum Gasteiger partial charge on any atom is -0.370 e. The maximum atomic E-state index is 14.4. The molecule has 5 nitrogen and oxygen atoms in total. The van der Waals surface area contributed by atoms with E-state index in [1.807, 2.05) is 4.90 Å². The van der Waals surface area contributed by atoms with E-state index in [0.29, 0.717) is 19.4 Å². The molecule has 0 amide bonds. The van der Waals surface area contributed by atoms with Crippen molar-refractivity contribution >= 4 is 17.3 Å². The summed E-state index contributed by atoms with van der Waals surface area (Å²) in [6.07, 6.45) is 1.99. The number of alkyl halides is 1. The Morgan fingerprint density at radius 1 is 1.38 bits per heavy atom. The van der Waals surface area contributed by atoms with Crippen molar-refractivity contribution < 1.29 is 8.78 Å². The molecule has 1 aliphatic heterocycles.